The molecular weight excluding hydrogens is 464 g/mol. The predicted octanol–water partition coefficient (Wildman–Crippen LogP) is 4.99. The molecule has 6 rings (SSSR count). The maximum Gasteiger partial charge on any atom is 0.255 e. The van der Waals surface area contributed by atoms with Crippen molar-refractivity contribution in [2.24, 2.45) is 5.92 Å². The van der Waals surface area contributed by atoms with E-state index in [0.29, 0.717) is 35.4 Å². The van der Waals surface area contributed by atoms with Crippen molar-refractivity contribution < 1.29 is 4.74 Å². The lowest BCUT2D eigenvalue weighted by molar-refractivity contribution is 0.207. The second-order valence-electron chi connectivity index (χ2n) is 9.60. The monoisotopic (exact) mass is 490 g/mol. The van der Waals surface area contributed by atoms with E-state index in [-0.39, 0.29) is 5.56 Å². The van der Waals surface area contributed by atoms with Crippen LogP contribution in [0.3, 0.4) is 0 Å². The molecule has 1 aliphatic carbocycles. The summed E-state index contributed by atoms with van der Waals surface area (Å²) in [4.78, 5) is 26.5. The van der Waals surface area contributed by atoms with Gasteiger partial charge in [0.15, 0.2) is 11.6 Å². The van der Waals surface area contributed by atoms with E-state index in [4.69, 9.17) is 4.74 Å². The van der Waals surface area contributed by atoms with Crippen LogP contribution in [0.4, 0.5) is 0 Å². The van der Waals surface area contributed by atoms with Gasteiger partial charge in [0, 0.05) is 17.8 Å². The number of aromatic nitrogens is 5. The number of hydrogen-bond acceptors (Lipinski definition) is 6. The minimum absolute atomic E-state index is 0.149. The maximum absolute atomic E-state index is 12.8. The molecule has 1 saturated carbocycles. The van der Waals surface area contributed by atoms with Gasteiger partial charge in [-0.15, -0.1) is 0 Å². The first kappa shape index (κ1) is 22.9. The summed E-state index contributed by atoms with van der Waals surface area (Å²) in [5.41, 5.74) is 3.71. The number of nitrogens with zero attached hydrogens (tertiary/aromatic N) is 6. The van der Waals surface area contributed by atoms with Crippen molar-refractivity contribution in [3.8, 4) is 23.2 Å². The van der Waals surface area contributed by atoms with E-state index in [2.05, 4.69) is 21.0 Å². The van der Waals surface area contributed by atoms with Gasteiger partial charge in [-0.3, -0.25) is 13.8 Å². The van der Waals surface area contributed by atoms with Gasteiger partial charge in [-0.05, 0) is 48.6 Å². The average molecular weight is 491 g/mol. The summed E-state index contributed by atoms with van der Waals surface area (Å²) < 4.78 is 9.42. The summed E-state index contributed by atoms with van der Waals surface area (Å²) in [6, 6.07) is 16.8. The van der Waals surface area contributed by atoms with Crippen LogP contribution in [0.25, 0.3) is 28.2 Å². The molecule has 2 aromatic carbocycles. The van der Waals surface area contributed by atoms with Gasteiger partial charge < -0.3 is 4.74 Å². The van der Waals surface area contributed by atoms with E-state index in [1.165, 1.54) is 38.2 Å². The molecule has 5 aromatic rings. The number of hydrogen-bond donors (Lipinski definition) is 0. The smallest absolute Gasteiger partial charge is 0.255 e. The molecule has 0 spiro atoms. The number of benzene rings is 2. The summed E-state index contributed by atoms with van der Waals surface area (Å²) in [7, 11) is 0. The molecule has 37 heavy (non-hydrogen) atoms. The number of fused-ring (bicyclic) bond motifs is 3. The van der Waals surface area contributed by atoms with Gasteiger partial charge in [0.25, 0.3) is 5.56 Å². The van der Waals surface area contributed by atoms with Gasteiger partial charge in [0.1, 0.15) is 0 Å². The average Bonchev–Trinajstić information content (AvgIpc) is 3.32. The van der Waals surface area contributed by atoms with E-state index < -0.39 is 0 Å². The number of imidazole rings is 1. The SMILES string of the molecule is N#Cc1ccc2nc3n(Cc4cccc(-c5ncc(OCC6CCCCC6)cn5)c4)c(=O)ccn3c2c1. The van der Waals surface area contributed by atoms with Crippen molar-refractivity contribution in [2.75, 3.05) is 6.61 Å². The quantitative estimate of drug-likeness (QED) is 0.333. The zero-order valence-corrected chi connectivity index (χ0v) is 20.4. The predicted molar refractivity (Wildman–Crippen MR) is 140 cm³/mol. The molecule has 3 heterocycles. The molecule has 0 atom stereocenters. The summed E-state index contributed by atoms with van der Waals surface area (Å²) in [6.45, 7) is 1.06. The van der Waals surface area contributed by atoms with Crippen LogP contribution in [0.5, 0.6) is 5.75 Å². The minimum atomic E-state index is -0.149. The zero-order valence-electron chi connectivity index (χ0n) is 20.4. The molecule has 8 nitrogen and oxygen atoms in total. The van der Waals surface area contributed by atoms with Gasteiger partial charge in [-0.25, -0.2) is 15.0 Å². The van der Waals surface area contributed by atoms with E-state index in [9.17, 15) is 10.1 Å². The molecule has 0 amide bonds. The molecule has 184 valence electrons. The third-order valence-corrected chi connectivity index (χ3v) is 7.04. The third kappa shape index (κ3) is 4.68. The Morgan fingerprint density at radius 1 is 1.03 bits per heavy atom. The van der Waals surface area contributed by atoms with Crippen LogP contribution in [0.1, 0.15) is 43.2 Å². The lowest BCUT2D eigenvalue weighted by Crippen LogP contribution is -2.22. The summed E-state index contributed by atoms with van der Waals surface area (Å²) in [5, 5.41) is 9.26. The van der Waals surface area contributed by atoms with Crippen LogP contribution in [0.2, 0.25) is 0 Å². The van der Waals surface area contributed by atoms with E-state index in [1.54, 1.807) is 41.4 Å². The standard InChI is InChI=1S/C29H26N6O2/c30-15-21-9-10-25-26(14-21)34-12-11-27(36)35(29(34)33-25)18-22-7-4-8-23(13-22)28-31-16-24(17-32-28)37-19-20-5-2-1-3-6-20/h4,7-14,16-17,20H,1-3,5-6,18-19H2. The first-order valence-corrected chi connectivity index (χ1v) is 12.6. The summed E-state index contributed by atoms with van der Waals surface area (Å²) in [6.07, 6.45) is 11.5. The van der Waals surface area contributed by atoms with Gasteiger partial charge in [0.05, 0.1) is 48.2 Å². The Kier molecular flexibility index (Phi) is 6.11. The fourth-order valence-electron chi connectivity index (χ4n) is 5.06. The molecular formula is C29H26N6O2. The van der Waals surface area contributed by atoms with Crippen molar-refractivity contribution in [1.29, 1.82) is 5.26 Å². The number of ether oxygens (including phenoxy) is 1. The second kappa shape index (κ2) is 9.86. The molecule has 8 heteroatoms. The van der Waals surface area contributed by atoms with Gasteiger partial charge in [-0.2, -0.15) is 5.26 Å². The van der Waals surface area contributed by atoms with Crippen LogP contribution < -0.4 is 10.3 Å². The molecule has 1 aliphatic rings. The zero-order chi connectivity index (χ0) is 25.2. The van der Waals surface area contributed by atoms with E-state index in [0.717, 1.165) is 28.8 Å². The molecule has 1 fully saturated rings. The maximum atomic E-state index is 12.8. The molecule has 3 aromatic heterocycles. The fourth-order valence-corrected chi connectivity index (χ4v) is 5.06. The molecule has 0 unspecified atom stereocenters. The van der Waals surface area contributed by atoms with Crippen molar-refractivity contribution in [1.82, 2.24) is 23.9 Å². The highest BCUT2D eigenvalue weighted by atomic mass is 16.5. The Labute approximate surface area is 213 Å². The summed E-state index contributed by atoms with van der Waals surface area (Å²) >= 11 is 0. The van der Waals surface area contributed by atoms with Crippen molar-refractivity contribution in [3.63, 3.8) is 0 Å². The largest absolute Gasteiger partial charge is 0.490 e. The van der Waals surface area contributed by atoms with Crippen LogP contribution in [0, 0.1) is 17.2 Å². The van der Waals surface area contributed by atoms with Crippen LogP contribution >= 0.6 is 0 Å². The number of nitriles is 1. The van der Waals surface area contributed by atoms with Crippen LogP contribution in [-0.4, -0.2) is 30.5 Å². The van der Waals surface area contributed by atoms with E-state index in [1.807, 2.05) is 28.7 Å². The lowest BCUT2D eigenvalue weighted by Gasteiger charge is -2.21. The van der Waals surface area contributed by atoms with Crippen molar-refractivity contribution >= 4 is 16.8 Å². The van der Waals surface area contributed by atoms with Crippen LogP contribution in [0.15, 0.2) is 71.9 Å². The second-order valence-corrected chi connectivity index (χ2v) is 9.60. The van der Waals surface area contributed by atoms with Crippen molar-refractivity contribution in [3.05, 3.63) is 88.6 Å². The van der Waals surface area contributed by atoms with Gasteiger partial charge in [-0.1, -0.05) is 37.5 Å². The highest BCUT2D eigenvalue weighted by Crippen LogP contribution is 2.25. The number of rotatable bonds is 6. The fraction of sp³-hybridized carbons (Fsp3) is 0.276. The van der Waals surface area contributed by atoms with Crippen LogP contribution in [-0.2, 0) is 6.54 Å². The molecule has 0 radical (unpaired) electrons. The third-order valence-electron chi connectivity index (χ3n) is 7.04. The highest BCUT2D eigenvalue weighted by molar-refractivity contribution is 5.81. The minimum Gasteiger partial charge on any atom is -0.490 e. The molecule has 0 bridgehead atoms. The normalized spacial score (nSPS) is 14.1. The molecule has 0 aliphatic heterocycles. The highest BCUT2D eigenvalue weighted by Gasteiger charge is 2.15. The van der Waals surface area contributed by atoms with Gasteiger partial charge in [0.2, 0.25) is 5.78 Å². The first-order valence-electron chi connectivity index (χ1n) is 12.6. The Morgan fingerprint density at radius 3 is 2.68 bits per heavy atom. The Bertz CT molecular complexity index is 1670. The van der Waals surface area contributed by atoms with Crippen molar-refractivity contribution in [2.45, 2.75) is 38.6 Å². The molecule has 0 N–H and O–H groups in total. The Morgan fingerprint density at radius 2 is 1.86 bits per heavy atom. The van der Waals surface area contributed by atoms with E-state index >= 15 is 0 Å². The lowest BCUT2D eigenvalue weighted by atomic mass is 9.90. The Balaban J connectivity index is 1.24. The first-order chi connectivity index (χ1) is 18.2. The topological polar surface area (TPSA) is 98.1 Å². The van der Waals surface area contributed by atoms with Gasteiger partial charge >= 0.3 is 0 Å². The Hall–Kier alpha value is -4.51. The molecule has 0 saturated heterocycles. The summed E-state index contributed by atoms with van der Waals surface area (Å²) in [5.74, 6) is 2.44.